The van der Waals surface area contributed by atoms with Crippen molar-refractivity contribution in [1.29, 1.82) is 0 Å². The van der Waals surface area contributed by atoms with Gasteiger partial charge < -0.3 is 24.7 Å². The number of unbranched alkanes of at least 4 members (excludes halogenated alkanes) is 4. The van der Waals surface area contributed by atoms with Crippen LogP contribution in [0.25, 0.3) is 0 Å². The van der Waals surface area contributed by atoms with Gasteiger partial charge >= 0.3 is 15.6 Å². The quantitative estimate of drug-likeness (QED) is 0.118. The number of phosphoric acid groups is 2. The standard InChI is InChI=1S/C18H34O9P2/c19-18(17-27-29(23,24)25)15-13-11-9-7-5-3-1-2-4-6-8-10-12-14-16-26-28(20,21)22/h1,3-4,6,10,12,18-19H,2,5,7-9,11,13-17H2,(H2,20,21,22)(H2,23,24,25)/b3-1+,6-4+,12-10+. The van der Waals surface area contributed by atoms with Crippen LogP contribution >= 0.6 is 15.6 Å². The van der Waals surface area contributed by atoms with E-state index < -0.39 is 21.7 Å². The monoisotopic (exact) mass is 456 g/mol. The summed E-state index contributed by atoms with van der Waals surface area (Å²) in [6.07, 6.45) is 18.5. The van der Waals surface area contributed by atoms with Gasteiger partial charge in [-0.2, -0.15) is 0 Å². The van der Waals surface area contributed by atoms with E-state index in [2.05, 4.69) is 21.2 Å². The second-order valence-corrected chi connectivity index (χ2v) is 8.91. The Bertz CT molecular complexity index is 578. The van der Waals surface area contributed by atoms with E-state index in [-0.39, 0.29) is 13.2 Å². The van der Waals surface area contributed by atoms with Gasteiger partial charge in [-0.25, -0.2) is 9.13 Å². The first-order chi connectivity index (χ1) is 13.6. The van der Waals surface area contributed by atoms with Crippen molar-refractivity contribution in [2.45, 2.75) is 63.9 Å². The Kier molecular flexibility index (Phi) is 16.8. The Hall–Kier alpha value is -0.600. The van der Waals surface area contributed by atoms with Gasteiger partial charge in [-0.05, 0) is 38.5 Å². The molecular formula is C18H34O9P2. The van der Waals surface area contributed by atoms with Crippen LogP contribution in [0, 0.1) is 0 Å². The lowest BCUT2D eigenvalue weighted by atomic mass is 10.1. The number of rotatable bonds is 18. The predicted octanol–water partition coefficient (Wildman–Crippen LogP) is 3.75. The highest BCUT2D eigenvalue weighted by Gasteiger charge is 2.16. The van der Waals surface area contributed by atoms with Crippen molar-refractivity contribution >= 4 is 15.6 Å². The minimum absolute atomic E-state index is 0.00116. The summed E-state index contributed by atoms with van der Waals surface area (Å²) in [5.74, 6) is 0. The zero-order valence-electron chi connectivity index (χ0n) is 16.6. The number of allylic oxidation sites excluding steroid dienone is 5. The number of phosphoric ester groups is 2. The van der Waals surface area contributed by atoms with Crippen LogP contribution in [0.15, 0.2) is 36.5 Å². The molecule has 0 aliphatic carbocycles. The fourth-order valence-electron chi connectivity index (χ4n) is 2.28. The van der Waals surface area contributed by atoms with Crippen molar-refractivity contribution in [3.05, 3.63) is 36.5 Å². The average molecular weight is 456 g/mol. The molecule has 0 aromatic rings. The molecule has 0 radical (unpaired) electrons. The van der Waals surface area contributed by atoms with E-state index in [4.69, 9.17) is 19.6 Å². The normalized spacial score (nSPS) is 14.5. The molecule has 0 aliphatic rings. The number of hydrogen-bond donors (Lipinski definition) is 5. The summed E-state index contributed by atoms with van der Waals surface area (Å²) in [5, 5.41) is 9.53. The zero-order chi connectivity index (χ0) is 22.0. The van der Waals surface area contributed by atoms with Crippen LogP contribution in [0.1, 0.15) is 57.8 Å². The fraction of sp³-hybridized carbons (Fsp3) is 0.667. The molecule has 9 nitrogen and oxygen atoms in total. The fourth-order valence-corrected chi connectivity index (χ4v) is 2.99. The maximum Gasteiger partial charge on any atom is 0.469 e. The minimum Gasteiger partial charge on any atom is -0.391 e. The highest BCUT2D eigenvalue weighted by atomic mass is 31.2. The summed E-state index contributed by atoms with van der Waals surface area (Å²) >= 11 is 0. The number of aliphatic hydroxyl groups excluding tert-OH is 1. The summed E-state index contributed by atoms with van der Waals surface area (Å²) < 4.78 is 29.5. The molecule has 0 bridgehead atoms. The lowest BCUT2D eigenvalue weighted by Gasteiger charge is -2.11. The van der Waals surface area contributed by atoms with Crippen molar-refractivity contribution in [3.8, 4) is 0 Å². The van der Waals surface area contributed by atoms with E-state index >= 15 is 0 Å². The highest BCUT2D eigenvalue weighted by molar-refractivity contribution is 7.46. The largest absolute Gasteiger partial charge is 0.469 e. The van der Waals surface area contributed by atoms with Crippen LogP contribution in [0.3, 0.4) is 0 Å². The molecule has 0 aliphatic heterocycles. The highest BCUT2D eigenvalue weighted by Crippen LogP contribution is 2.36. The molecule has 0 amide bonds. The van der Waals surface area contributed by atoms with Gasteiger partial charge in [0.05, 0.1) is 19.3 Å². The van der Waals surface area contributed by atoms with E-state index in [0.717, 1.165) is 44.9 Å². The Morgan fingerprint density at radius 2 is 1.21 bits per heavy atom. The maximum atomic E-state index is 10.5. The SMILES string of the molecule is O=P(O)(O)OCC/C=C/C/C=C/C/C=C/CCCCCCC(O)COP(=O)(O)O. The van der Waals surface area contributed by atoms with Crippen molar-refractivity contribution < 1.29 is 42.9 Å². The first kappa shape index (κ1) is 28.4. The van der Waals surface area contributed by atoms with E-state index in [1.54, 1.807) is 0 Å². The molecule has 0 rings (SSSR count). The third-order valence-electron chi connectivity index (χ3n) is 3.68. The van der Waals surface area contributed by atoms with Crippen molar-refractivity contribution in [2.24, 2.45) is 0 Å². The van der Waals surface area contributed by atoms with Gasteiger partial charge in [-0.15, -0.1) is 0 Å². The van der Waals surface area contributed by atoms with Crippen molar-refractivity contribution in [2.75, 3.05) is 13.2 Å². The predicted molar refractivity (Wildman–Crippen MR) is 111 cm³/mol. The first-order valence-corrected chi connectivity index (χ1v) is 12.7. The van der Waals surface area contributed by atoms with E-state index in [1.807, 2.05) is 24.3 Å². The van der Waals surface area contributed by atoms with Crippen LogP contribution < -0.4 is 0 Å². The Balaban J connectivity index is 3.46. The van der Waals surface area contributed by atoms with Gasteiger partial charge in [-0.3, -0.25) is 9.05 Å². The summed E-state index contributed by atoms with van der Waals surface area (Å²) in [6.45, 7) is -0.347. The van der Waals surface area contributed by atoms with Gasteiger partial charge in [-0.1, -0.05) is 55.7 Å². The van der Waals surface area contributed by atoms with E-state index in [9.17, 15) is 14.2 Å². The molecule has 5 N–H and O–H groups in total. The van der Waals surface area contributed by atoms with Crippen LogP contribution in [0.5, 0.6) is 0 Å². The van der Waals surface area contributed by atoms with Gasteiger partial charge in [0, 0.05) is 0 Å². The molecule has 0 saturated heterocycles. The number of aliphatic hydroxyl groups is 1. The molecule has 29 heavy (non-hydrogen) atoms. The van der Waals surface area contributed by atoms with Gasteiger partial charge in [0.15, 0.2) is 0 Å². The summed E-state index contributed by atoms with van der Waals surface area (Å²) in [7, 11) is -8.86. The molecule has 0 fully saturated rings. The Labute approximate surface area is 172 Å². The third-order valence-corrected chi connectivity index (χ3v) is 4.69. The molecule has 1 unspecified atom stereocenters. The van der Waals surface area contributed by atoms with Crippen LogP contribution in [0.4, 0.5) is 0 Å². The molecule has 170 valence electrons. The second kappa shape index (κ2) is 17.1. The molecule has 11 heteroatoms. The maximum absolute atomic E-state index is 10.5. The van der Waals surface area contributed by atoms with Gasteiger partial charge in [0.2, 0.25) is 0 Å². The molecule has 1 atom stereocenters. The second-order valence-electron chi connectivity index (χ2n) is 6.43. The summed E-state index contributed by atoms with van der Waals surface area (Å²) in [6, 6.07) is 0. The zero-order valence-corrected chi connectivity index (χ0v) is 18.4. The van der Waals surface area contributed by atoms with Crippen molar-refractivity contribution in [3.63, 3.8) is 0 Å². The summed E-state index contributed by atoms with van der Waals surface area (Å²) in [4.78, 5) is 34.1. The van der Waals surface area contributed by atoms with Crippen LogP contribution in [0.2, 0.25) is 0 Å². The van der Waals surface area contributed by atoms with Crippen molar-refractivity contribution in [1.82, 2.24) is 0 Å². The lowest BCUT2D eigenvalue weighted by molar-refractivity contribution is 0.0774. The van der Waals surface area contributed by atoms with E-state index in [1.165, 1.54) is 0 Å². The van der Waals surface area contributed by atoms with Gasteiger partial charge in [0.25, 0.3) is 0 Å². The Morgan fingerprint density at radius 1 is 0.690 bits per heavy atom. The first-order valence-electron chi connectivity index (χ1n) is 9.63. The molecular weight excluding hydrogens is 422 g/mol. The molecule has 0 saturated carbocycles. The third kappa shape index (κ3) is 25.4. The lowest BCUT2D eigenvalue weighted by Crippen LogP contribution is -2.14. The molecule has 0 heterocycles. The van der Waals surface area contributed by atoms with E-state index in [0.29, 0.717) is 12.8 Å². The smallest absolute Gasteiger partial charge is 0.391 e. The number of hydrogen-bond acceptors (Lipinski definition) is 5. The van der Waals surface area contributed by atoms with Gasteiger partial charge in [0.1, 0.15) is 0 Å². The molecule has 0 aromatic heterocycles. The topological polar surface area (TPSA) is 154 Å². The molecule has 0 spiro atoms. The van der Waals surface area contributed by atoms with Crippen LogP contribution in [-0.4, -0.2) is 44.0 Å². The molecule has 0 aromatic carbocycles. The summed E-state index contributed by atoms with van der Waals surface area (Å²) in [5.41, 5.74) is 0. The minimum atomic E-state index is -4.50. The Morgan fingerprint density at radius 3 is 1.79 bits per heavy atom. The average Bonchev–Trinajstić information content (AvgIpc) is 2.61. The van der Waals surface area contributed by atoms with Crippen LogP contribution in [-0.2, 0) is 18.2 Å².